The van der Waals surface area contributed by atoms with E-state index in [4.69, 9.17) is 0 Å². The molecular weight excluding hydrogens is 312 g/mol. The van der Waals surface area contributed by atoms with Crippen molar-refractivity contribution in [2.75, 3.05) is 13.1 Å². The molecule has 0 radical (unpaired) electrons. The second kappa shape index (κ2) is 6.83. The molecule has 1 unspecified atom stereocenters. The second-order valence-corrected chi connectivity index (χ2v) is 6.31. The van der Waals surface area contributed by atoms with Crippen LogP contribution in [0.25, 0.3) is 0 Å². The lowest BCUT2D eigenvalue weighted by atomic mass is 10.0. The fraction of sp³-hybridized carbons (Fsp3) is 0.294. The molecule has 0 spiro atoms. The van der Waals surface area contributed by atoms with Crippen LogP contribution < -0.4 is 5.32 Å². The number of carbonyl (C=O) groups is 2. The van der Waals surface area contributed by atoms with Gasteiger partial charge >= 0.3 is 0 Å². The summed E-state index contributed by atoms with van der Waals surface area (Å²) in [6, 6.07) is 8.70. The first-order chi connectivity index (χ1) is 11.1. The van der Waals surface area contributed by atoms with E-state index in [2.05, 4.69) is 5.32 Å². The van der Waals surface area contributed by atoms with Crippen molar-refractivity contribution < 1.29 is 14.7 Å². The Labute approximate surface area is 138 Å². The lowest BCUT2D eigenvalue weighted by Gasteiger charge is -2.25. The Kier molecular flexibility index (Phi) is 4.62. The van der Waals surface area contributed by atoms with Crippen LogP contribution in [0, 0.1) is 0 Å². The maximum absolute atomic E-state index is 12.4. The molecule has 0 aliphatic carbocycles. The van der Waals surface area contributed by atoms with Gasteiger partial charge in [-0.2, -0.15) is 11.3 Å². The normalized spacial score (nSPS) is 17.2. The predicted molar refractivity (Wildman–Crippen MR) is 88.4 cm³/mol. The largest absolute Gasteiger partial charge is 0.508 e. The predicted octanol–water partition coefficient (Wildman–Crippen LogP) is 2.55. The Morgan fingerprint density at radius 1 is 1.26 bits per heavy atom. The average molecular weight is 330 g/mol. The van der Waals surface area contributed by atoms with E-state index in [0.29, 0.717) is 12.1 Å². The van der Waals surface area contributed by atoms with Gasteiger partial charge in [0.1, 0.15) is 5.75 Å². The molecular formula is C17H18N2O3S. The Morgan fingerprint density at radius 3 is 2.74 bits per heavy atom. The molecule has 1 fully saturated rings. The monoisotopic (exact) mass is 330 g/mol. The fourth-order valence-corrected chi connectivity index (χ4v) is 3.50. The topological polar surface area (TPSA) is 69.6 Å². The highest BCUT2D eigenvalue weighted by Crippen LogP contribution is 2.32. The highest BCUT2D eigenvalue weighted by molar-refractivity contribution is 7.08. The van der Waals surface area contributed by atoms with Gasteiger partial charge in [-0.25, -0.2) is 0 Å². The van der Waals surface area contributed by atoms with Crippen LogP contribution in [0.3, 0.4) is 0 Å². The summed E-state index contributed by atoms with van der Waals surface area (Å²) in [5, 5.41) is 15.7. The van der Waals surface area contributed by atoms with Gasteiger partial charge in [0.05, 0.1) is 12.6 Å². The second-order valence-electron chi connectivity index (χ2n) is 5.53. The molecule has 0 bridgehead atoms. The van der Waals surface area contributed by atoms with Crippen molar-refractivity contribution in [1.82, 2.24) is 10.2 Å². The molecule has 3 rings (SSSR count). The van der Waals surface area contributed by atoms with Gasteiger partial charge in [0.15, 0.2) is 0 Å². The molecule has 23 heavy (non-hydrogen) atoms. The first kappa shape index (κ1) is 15.6. The van der Waals surface area contributed by atoms with Crippen molar-refractivity contribution in [1.29, 1.82) is 0 Å². The number of rotatable bonds is 4. The molecule has 2 heterocycles. The van der Waals surface area contributed by atoms with Crippen LogP contribution in [0.4, 0.5) is 0 Å². The smallest absolute Gasteiger partial charge is 0.252 e. The third kappa shape index (κ3) is 3.53. The molecule has 1 aromatic carbocycles. The number of phenolic OH excluding ortho intramolecular Hbond substituents is 1. The van der Waals surface area contributed by atoms with E-state index < -0.39 is 0 Å². The number of thiophene rings is 1. The van der Waals surface area contributed by atoms with Gasteiger partial charge in [-0.05, 0) is 42.0 Å². The summed E-state index contributed by atoms with van der Waals surface area (Å²) in [6.45, 7) is 0.696. The zero-order chi connectivity index (χ0) is 16.2. The molecule has 1 aliphatic heterocycles. The Morgan fingerprint density at radius 2 is 2.04 bits per heavy atom. The van der Waals surface area contributed by atoms with Gasteiger partial charge in [0.2, 0.25) is 5.91 Å². The maximum Gasteiger partial charge on any atom is 0.252 e. The summed E-state index contributed by atoms with van der Waals surface area (Å²) < 4.78 is 0. The molecule has 6 heteroatoms. The minimum absolute atomic E-state index is 0.00324. The van der Waals surface area contributed by atoms with E-state index in [1.54, 1.807) is 28.5 Å². The average Bonchev–Trinajstić information content (AvgIpc) is 3.24. The Hall–Kier alpha value is -2.34. The van der Waals surface area contributed by atoms with Gasteiger partial charge < -0.3 is 15.3 Å². The molecule has 2 aromatic rings. The highest BCUT2D eigenvalue weighted by Gasteiger charge is 2.29. The number of hydrogen-bond acceptors (Lipinski definition) is 4. The van der Waals surface area contributed by atoms with Gasteiger partial charge in [-0.1, -0.05) is 12.1 Å². The van der Waals surface area contributed by atoms with Crippen LogP contribution in [0.2, 0.25) is 0 Å². The van der Waals surface area contributed by atoms with E-state index in [9.17, 15) is 14.7 Å². The summed E-state index contributed by atoms with van der Waals surface area (Å²) in [7, 11) is 0. The van der Waals surface area contributed by atoms with Gasteiger partial charge in [0, 0.05) is 17.5 Å². The number of nitrogens with one attached hydrogen (secondary N) is 1. The quantitative estimate of drug-likeness (QED) is 0.905. The van der Waals surface area contributed by atoms with Crippen LogP contribution in [0.5, 0.6) is 5.75 Å². The highest BCUT2D eigenvalue weighted by atomic mass is 32.1. The lowest BCUT2D eigenvalue weighted by Crippen LogP contribution is -2.39. The van der Waals surface area contributed by atoms with Crippen LogP contribution in [0.1, 0.15) is 34.8 Å². The van der Waals surface area contributed by atoms with Crippen LogP contribution in [-0.2, 0) is 4.79 Å². The summed E-state index contributed by atoms with van der Waals surface area (Å²) in [5.74, 6) is -0.0863. The molecule has 1 aliphatic rings. The standard InChI is InChI=1S/C17H18N2O3S/c20-14-5-3-12(4-6-14)15-2-1-8-19(15)16(21)10-18-17(22)13-7-9-23-11-13/h3-7,9,11,15,20H,1-2,8,10H2,(H,18,22). The van der Waals surface area contributed by atoms with Gasteiger partial charge in [-0.3, -0.25) is 9.59 Å². The third-order valence-corrected chi connectivity index (χ3v) is 4.72. The molecule has 2 N–H and O–H groups in total. The zero-order valence-electron chi connectivity index (χ0n) is 12.6. The number of likely N-dealkylation sites (tertiary alicyclic amines) is 1. The SMILES string of the molecule is O=C(NCC(=O)N1CCCC1c1ccc(O)cc1)c1ccsc1. The molecule has 1 atom stereocenters. The van der Waals surface area contributed by atoms with E-state index in [1.165, 1.54) is 11.3 Å². The minimum Gasteiger partial charge on any atom is -0.508 e. The van der Waals surface area contributed by atoms with E-state index >= 15 is 0 Å². The number of benzene rings is 1. The number of hydrogen-bond donors (Lipinski definition) is 2. The fourth-order valence-electron chi connectivity index (χ4n) is 2.86. The number of amides is 2. The van der Waals surface area contributed by atoms with Gasteiger partial charge in [-0.15, -0.1) is 0 Å². The Balaban J connectivity index is 1.62. The first-order valence-corrected chi connectivity index (χ1v) is 8.48. The van der Waals surface area contributed by atoms with Crippen molar-refractivity contribution in [3.63, 3.8) is 0 Å². The molecule has 5 nitrogen and oxygen atoms in total. The van der Waals surface area contributed by atoms with E-state index in [-0.39, 0.29) is 30.2 Å². The lowest BCUT2D eigenvalue weighted by molar-refractivity contribution is -0.131. The van der Waals surface area contributed by atoms with Crippen molar-refractivity contribution in [2.45, 2.75) is 18.9 Å². The van der Waals surface area contributed by atoms with Crippen LogP contribution in [-0.4, -0.2) is 34.9 Å². The molecule has 1 aromatic heterocycles. The van der Waals surface area contributed by atoms with Crippen molar-refractivity contribution >= 4 is 23.2 Å². The maximum atomic E-state index is 12.4. The van der Waals surface area contributed by atoms with Crippen molar-refractivity contribution in [2.24, 2.45) is 0 Å². The molecule has 0 saturated carbocycles. The Bertz CT molecular complexity index is 682. The number of aromatic hydroxyl groups is 1. The van der Waals surface area contributed by atoms with Crippen LogP contribution >= 0.6 is 11.3 Å². The van der Waals surface area contributed by atoms with E-state index in [0.717, 1.165) is 18.4 Å². The molecule has 2 amide bonds. The minimum atomic E-state index is -0.222. The summed E-state index contributed by atoms with van der Waals surface area (Å²) >= 11 is 1.45. The first-order valence-electron chi connectivity index (χ1n) is 7.54. The van der Waals surface area contributed by atoms with Crippen molar-refractivity contribution in [3.05, 3.63) is 52.2 Å². The van der Waals surface area contributed by atoms with Gasteiger partial charge in [0.25, 0.3) is 5.91 Å². The molecule has 1 saturated heterocycles. The number of carbonyl (C=O) groups excluding carboxylic acids is 2. The number of nitrogens with zero attached hydrogens (tertiary/aromatic N) is 1. The molecule has 120 valence electrons. The summed E-state index contributed by atoms with van der Waals surface area (Å²) in [6.07, 6.45) is 1.84. The zero-order valence-corrected chi connectivity index (χ0v) is 13.4. The summed E-state index contributed by atoms with van der Waals surface area (Å²) in [4.78, 5) is 26.2. The van der Waals surface area contributed by atoms with Crippen molar-refractivity contribution in [3.8, 4) is 5.75 Å². The third-order valence-electron chi connectivity index (χ3n) is 4.03. The number of phenols is 1. The van der Waals surface area contributed by atoms with E-state index in [1.807, 2.05) is 17.5 Å². The van der Waals surface area contributed by atoms with Crippen LogP contribution in [0.15, 0.2) is 41.1 Å². The summed E-state index contributed by atoms with van der Waals surface area (Å²) in [5.41, 5.74) is 1.59.